The minimum Gasteiger partial charge on any atom is -0.462 e. The van der Waals surface area contributed by atoms with Crippen molar-refractivity contribution in [2.24, 2.45) is 0 Å². The summed E-state index contributed by atoms with van der Waals surface area (Å²) in [6.07, 6.45) is 60.0. The maximum absolute atomic E-state index is 12.7. The number of carbonyl (C=O) groups is 3. The lowest BCUT2D eigenvalue weighted by Crippen LogP contribution is -2.30. The molecule has 0 aromatic heterocycles. The van der Waals surface area contributed by atoms with Crippen molar-refractivity contribution >= 4 is 17.9 Å². The van der Waals surface area contributed by atoms with Gasteiger partial charge in [-0.25, -0.2) is 0 Å². The minimum absolute atomic E-state index is 0.0935. The van der Waals surface area contributed by atoms with Gasteiger partial charge in [0, 0.05) is 19.3 Å². The van der Waals surface area contributed by atoms with Gasteiger partial charge in [0.15, 0.2) is 6.10 Å². The molecule has 336 valence electrons. The highest BCUT2D eigenvalue weighted by atomic mass is 16.6. The van der Waals surface area contributed by atoms with Gasteiger partial charge in [0.1, 0.15) is 13.2 Å². The summed E-state index contributed by atoms with van der Waals surface area (Å²) in [6.45, 7) is 6.40. The van der Waals surface area contributed by atoms with Gasteiger partial charge >= 0.3 is 17.9 Å². The van der Waals surface area contributed by atoms with E-state index in [1.807, 2.05) is 0 Å². The van der Waals surface area contributed by atoms with Crippen LogP contribution in [-0.2, 0) is 28.6 Å². The summed E-state index contributed by atoms with van der Waals surface area (Å²) in [5.41, 5.74) is 0. The monoisotopic (exact) mass is 821 g/mol. The number of rotatable bonds is 42. The van der Waals surface area contributed by atoms with Gasteiger partial charge in [-0.3, -0.25) is 14.4 Å². The lowest BCUT2D eigenvalue weighted by molar-refractivity contribution is -0.167. The van der Waals surface area contributed by atoms with E-state index in [0.717, 1.165) is 122 Å². The van der Waals surface area contributed by atoms with Crippen molar-refractivity contribution in [3.63, 3.8) is 0 Å². The Hall–Kier alpha value is -3.41. The molecule has 6 heteroatoms. The van der Waals surface area contributed by atoms with Gasteiger partial charge in [0.05, 0.1) is 0 Å². The second kappa shape index (κ2) is 47.3. The van der Waals surface area contributed by atoms with Gasteiger partial charge < -0.3 is 14.2 Å². The van der Waals surface area contributed by atoms with Gasteiger partial charge in [0.2, 0.25) is 0 Å². The number of ether oxygens (including phenoxy) is 3. The van der Waals surface area contributed by atoms with E-state index in [9.17, 15) is 14.4 Å². The highest BCUT2D eigenvalue weighted by Crippen LogP contribution is 2.12. The topological polar surface area (TPSA) is 78.9 Å². The van der Waals surface area contributed by atoms with Gasteiger partial charge in [-0.1, -0.05) is 183 Å². The molecule has 0 aromatic carbocycles. The molecule has 0 rings (SSSR count). The van der Waals surface area contributed by atoms with Crippen LogP contribution in [0.25, 0.3) is 0 Å². The fourth-order valence-corrected chi connectivity index (χ4v) is 6.26. The lowest BCUT2D eigenvalue weighted by Gasteiger charge is -2.18. The molecular formula is C53H88O6. The highest BCUT2D eigenvalue weighted by molar-refractivity contribution is 5.71. The van der Waals surface area contributed by atoms with Crippen LogP contribution in [0.1, 0.15) is 213 Å². The number of hydrogen-bond donors (Lipinski definition) is 0. The van der Waals surface area contributed by atoms with Gasteiger partial charge in [0.25, 0.3) is 0 Å². The zero-order valence-electron chi connectivity index (χ0n) is 38.2. The molecule has 0 saturated carbocycles. The molecule has 0 fully saturated rings. The fourth-order valence-electron chi connectivity index (χ4n) is 6.26. The molecule has 59 heavy (non-hydrogen) atoms. The second-order valence-corrected chi connectivity index (χ2v) is 15.6. The molecule has 1 atom stereocenters. The zero-order valence-corrected chi connectivity index (χ0v) is 38.2. The van der Waals surface area contributed by atoms with E-state index in [4.69, 9.17) is 14.2 Å². The predicted molar refractivity (Wildman–Crippen MR) is 251 cm³/mol. The van der Waals surface area contributed by atoms with E-state index >= 15 is 0 Å². The number of hydrogen-bond acceptors (Lipinski definition) is 6. The Morgan fingerprint density at radius 2 is 0.661 bits per heavy atom. The first-order chi connectivity index (χ1) is 29.0. The van der Waals surface area contributed by atoms with E-state index in [-0.39, 0.29) is 31.1 Å². The second-order valence-electron chi connectivity index (χ2n) is 15.6. The smallest absolute Gasteiger partial charge is 0.306 e. The van der Waals surface area contributed by atoms with Crippen LogP contribution in [0.15, 0.2) is 85.1 Å². The normalized spacial score (nSPS) is 12.8. The Labute approximate surface area is 363 Å². The quantitative estimate of drug-likeness (QED) is 0.0264. The Balaban J connectivity index is 4.38. The third-order valence-electron chi connectivity index (χ3n) is 9.88. The van der Waals surface area contributed by atoms with Crippen molar-refractivity contribution in [2.75, 3.05) is 13.2 Å². The summed E-state index contributed by atoms with van der Waals surface area (Å²) in [5.74, 6) is -0.953. The van der Waals surface area contributed by atoms with Crippen molar-refractivity contribution in [2.45, 2.75) is 219 Å². The molecule has 0 saturated heterocycles. The highest BCUT2D eigenvalue weighted by Gasteiger charge is 2.19. The number of allylic oxidation sites excluding steroid dienone is 14. The average molecular weight is 821 g/mol. The van der Waals surface area contributed by atoms with Crippen LogP contribution in [-0.4, -0.2) is 37.2 Å². The predicted octanol–water partition coefficient (Wildman–Crippen LogP) is 15.6. The summed E-state index contributed by atoms with van der Waals surface area (Å²) in [6, 6.07) is 0. The van der Waals surface area contributed by atoms with Crippen molar-refractivity contribution in [3.8, 4) is 0 Å². The van der Waals surface area contributed by atoms with E-state index in [1.54, 1.807) is 0 Å². The van der Waals surface area contributed by atoms with Crippen LogP contribution in [0, 0.1) is 0 Å². The molecule has 0 heterocycles. The molecule has 0 aliphatic heterocycles. The maximum atomic E-state index is 12.7. The molecule has 6 nitrogen and oxygen atoms in total. The first kappa shape index (κ1) is 55.6. The van der Waals surface area contributed by atoms with E-state index in [0.29, 0.717) is 19.3 Å². The Bertz CT molecular complexity index is 1170. The molecule has 0 N–H and O–H groups in total. The van der Waals surface area contributed by atoms with Gasteiger partial charge in [-0.05, 0) is 96.3 Å². The van der Waals surface area contributed by atoms with E-state index < -0.39 is 6.10 Å². The lowest BCUT2D eigenvalue weighted by atomic mass is 10.1. The van der Waals surface area contributed by atoms with Crippen LogP contribution >= 0.6 is 0 Å². The Morgan fingerprint density at radius 3 is 1.08 bits per heavy atom. The maximum Gasteiger partial charge on any atom is 0.306 e. The first-order valence-electron chi connectivity index (χ1n) is 24.1. The SMILES string of the molecule is CC/C=C\C/C=C\C/C=C\C/C=C\C/C=C\CCCCCC(=O)OCC(COC(=O)CCCCCCCCC)OC(=O)CCCCCCC/C=C\C/C=C\CCCCC. The van der Waals surface area contributed by atoms with Gasteiger partial charge in [-0.15, -0.1) is 0 Å². The summed E-state index contributed by atoms with van der Waals surface area (Å²) in [7, 11) is 0. The molecule has 0 amide bonds. The number of esters is 3. The van der Waals surface area contributed by atoms with Crippen LogP contribution in [0.5, 0.6) is 0 Å². The first-order valence-corrected chi connectivity index (χ1v) is 24.1. The number of unbranched alkanes of at least 4 members (excludes halogenated alkanes) is 17. The van der Waals surface area contributed by atoms with Crippen molar-refractivity contribution in [1.82, 2.24) is 0 Å². The van der Waals surface area contributed by atoms with Crippen molar-refractivity contribution < 1.29 is 28.6 Å². The van der Waals surface area contributed by atoms with E-state index in [1.165, 1.54) is 51.4 Å². The molecular weight excluding hydrogens is 733 g/mol. The molecule has 0 aliphatic rings. The van der Waals surface area contributed by atoms with Crippen molar-refractivity contribution in [3.05, 3.63) is 85.1 Å². The average Bonchev–Trinajstić information content (AvgIpc) is 3.23. The third-order valence-corrected chi connectivity index (χ3v) is 9.88. The van der Waals surface area contributed by atoms with Crippen LogP contribution in [0.2, 0.25) is 0 Å². The van der Waals surface area contributed by atoms with Crippen LogP contribution in [0.4, 0.5) is 0 Å². The molecule has 0 bridgehead atoms. The summed E-state index contributed by atoms with van der Waals surface area (Å²) in [5, 5.41) is 0. The molecule has 0 aromatic rings. The summed E-state index contributed by atoms with van der Waals surface area (Å²) >= 11 is 0. The van der Waals surface area contributed by atoms with Crippen LogP contribution < -0.4 is 0 Å². The fraction of sp³-hybridized carbons (Fsp3) is 0.679. The molecule has 0 aliphatic carbocycles. The molecule has 1 unspecified atom stereocenters. The molecule has 0 radical (unpaired) electrons. The minimum atomic E-state index is -0.794. The van der Waals surface area contributed by atoms with E-state index in [2.05, 4.69) is 106 Å². The standard InChI is InChI=1S/C53H88O6/c1-4-7-10-13-16-18-20-22-24-25-26-27-29-30-32-34-37-40-43-46-52(55)58-49-50(48-57-51(54)45-42-39-36-15-12-9-6-3)59-53(56)47-44-41-38-35-33-31-28-23-21-19-17-14-11-8-5-2/h7,10,16-19,22-24,26-28,30,32,50H,4-6,8-9,11-15,20-21,25,29,31,33-49H2,1-3H3/b10-7-,18-16-,19-17-,24-22-,27-26-,28-23-,32-30-. The largest absolute Gasteiger partial charge is 0.462 e. The van der Waals surface area contributed by atoms with Gasteiger partial charge in [-0.2, -0.15) is 0 Å². The number of carbonyl (C=O) groups excluding carboxylic acids is 3. The van der Waals surface area contributed by atoms with Crippen molar-refractivity contribution in [1.29, 1.82) is 0 Å². The summed E-state index contributed by atoms with van der Waals surface area (Å²) in [4.78, 5) is 37.7. The van der Waals surface area contributed by atoms with Crippen LogP contribution in [0.3, 0.4) is 0 Å². The Morgan fingerprint density at radius 1 is 0.356 bits per heavy atom. The zero-order chi connectivity index (χ0) is 43.0. The Kier molecular flexibility index (Phi) is 44.5. The third kappa shape index (κ3) is 45.5. The summed E-state index contributed by atoms with van der Waals surface area (Å²) < 4.78 is 16.7. The molecule has 0 spiro atoms.